The van der Waals surface area contributed by atoms with E-state index in [1.165, 1.54) is 5.56 Å². The van der Waals surface area contributed by atoms with Crippen molar-refractivity contribution < 1.29 is 9.47 Å². The Morgan fingerprint density at radius 3 is 2.09 bits per heavy atom. The number of hydrogen-bond acceptors (Lipinski definition) is 3. The van der Waals surface area contributed by atoms with Gasteiger partial charge in [-0.25, -0.2) is 0 Å². The van der Waals surface area contributed by atoms with Gasteiger partial charge in [0.15, 0.2) is 11.5 Å². The van der Waals surface area contributed by atoms with Crippen LogP contribution >= 0.6 is 0 Å². The maximum Gasteiger partial charge on any atom is 0.161 e. The van der Waals surface area contributed by atoms with Crippen LogP contribution in [0.2, 0.25) is 0 Å². The van der Waals surface area contributed by atoms with Crippen LogP contribution in [0, 0.1) is 23.2 Å². The molecule has 3 nitrogen and oxygen atoms in total. The van der Waals surface area contributed by atoms with Gasteiger partial charge in [0.2, 0.25) is 0 Å². The molecule has 0 aliphatic heterocycles. The fraction of sp³-hybridized carbons (Fsp3) is 0.632. The number of rotatable bonds is 9. The first-order valence-corrected chi connectivity index (χ1v) is 8.20. The minimum atomic E-state index is 0.347. The van der Waals surface area contributed by atoms with E-state index in [9.17, 15) is 0 Å². The van der Waals surface area contributed by atoms with E-state index in [1.807, 2.05) is 6.07 Å². The highest BCUT2D eigenvalue weighted by Gasteiger charge is 2.12. The van der Waals surface area contributed by atoms with Crippen molar-refractivity contribution in [2.45, 2.75) is 53.4 Å². The molecule has 1 unspecified atom stereocenters. The molecule has 122 valence electrons. The van der Waals surface area contributed by atoms with Crippen molar-refractivity contribution in [2.24, 2.45) is 11.8 Å². The summed E-state index contributed by atoms with van der Waals surface area (Å²) in [5.41, 5.74) is 1.20. The third-order valence-electron chi connectivity index (χ3n) is 3.37. The fourth-order valence-electron chi connectivity index (χ4n) is 2.02. The first-order chi connectivity index (χ1) is 10.4. The second-order valence-corrected chi connectivity index (χ2v) is 6.71. The molecule has 3 heteroatoms. The zero-order valence-corrected chi connectivity index (χ0v) is 14.6. The van der Waals surface area contributed by atoms with Crippen LogP contribution in [0.3, 0.4) is 0 Å². The van der Waals surface area contributed by atoms with Gasteiger partial charge in [-0.05, 0) is 41.9 Å². The Bertz CT molecular complexity index is 489. The molecule has 0 aliphatic rings. The van der Waals surface area contributed by atoms with Crippen LogP contribution in [0.15, 0.2) is 18.2 Å². The smallest absolute Gasteiger partial charge is 0.161 e. The van der Waals surface area contributed by atoms with Gasteiger partial charge < -0.3 is 9.47 Å². The van der Waals surface area contributed by atoms with Crippen molar-refractivity contribution in [3.05, 3.63) is 23.8 Å². The van der Waals surface area contributed by atoms with E-state index in [1.54, 1.807) is 0 Å². The predicted molar refractivity (Wildman–Crippen MR) is 90.4 cm³/mol. The van der Waals surface area contributed by atoms with Crippen molar-refractivity contribution in [1.29, 1.82) is 5.26 Å². The van der Waals surface area contributed by atoms with Crippen molar-refractivity contribution in [1.82, 2.24) is 0 Å². The summed E-state index contributed by atoms with van der Waals surface area (Å²) >= 11 is 0. The molecule has 0 saturated carbocycles. The van der Waals surface area contributed by atoms with Gasteiger partial charge in [-0.15, -0.1) is 0 Å². The van der Waals surface area contributed by atoms with Gasteiger partial charge in [-0.2, -0.15) is 5.26 Å². The second kappa shape index (κ2) is 9.35. The lowest BCUT2D eigenvalue weighted by Gasteiger charge is -2.18. The number of benzene rings is 1. The van der Waals surface area contributed by atoms with Crippen LogP contribution in [0.1, 0.15) is 58.9 Å². The van der Waals surface area contributed by atoms with E-state index in [-0.39, 0.29) is 0 Å². The van der Waals surface area contributed by atoms with Gasteiger partial charge in [-0.1, -0.05) is 40.7 Å². The largest absolute Gasteiger partial charge is 0.489 e. The van der Waals surface area contributed by atoms with E-state index in [4.69, 9.17) is 14.7 Å². The molecule has 1 aromatic rings. The lowest BCUT2D eigenvalue weighted by molar-refractivity contribution is 0.229. The monoisotopic (exact) mass is 303 g/mol. The third-order valence-corrected chi connectivity index (χ3v) is 3.37. The first-order valence-electron chi connectivity index (χ1n) is 8.20. The molecule has 0 spiro atoms. The van der Waals surface area contributed by atoms with Crippen LogP contribution in [0.4, 0.5) is 0 Å². The summed E-state index contributed by atoms with van der Waals surface area (Å²) in [6.07, 6.45) is 1.45. The quantitative estimate of drug-likeness (QED) is 0.632. The van der Waals surface area contributed by atoms with Crippen molar-refractivity contribution in [2.75, 3.05) is 13.2 Å². The second-order valence-electron chi connectivity index (χ2n) is 6.71. The molecule has 22 heavy (non-hydrogen) atoms. The van der Waals surface area contributed by atoms with Crippen LogP contribution in [0.5, 0.6) is 11.5 Å². The Balaban J connectivity index is 2.89. The number of ether oxygens (including phenoxy) is 2. The lowest BCUT2D eigenvalue weighted by Crippen LogP contribution is -2.09. The van der Waals surface area contributed by atoms with Gasteiger partial charge in [0.25, 0.3) is 0 Å². The Morgan fingerprint density at radius 2 is 1.55 bits per heavy atom. The fourth-order valence-corrected chi connectivity index (χ4v) is 2.02. The third kappa shape index (κ3) is 6.39. The Morgan fingerprint density at radius 1 is 0.955 bits per heavy atom. The Labute approximate surface area is 135 Å². The molecule has 0 amide bonds. The molecular formula is C19H29NO2. The molecule has 0 fully saturated rings. The molecule has 0 N–H and O–H groups in total. The highest BCUT2D eigenvalue weighted by molar-refractivity contribution is 5.44. The molecule has 0 saturated heterocycles. The normalized spacial score (nSPS) is 12.3. The minimum absolute atomic E-state index is 0.347. The van der Waals surface area contributed by atoms with Crippen LogP contribution in [0.25, 0.3) is 0 Å². The van der Waals surface area contributed by atoms with Gasteiger partial charge in [0.1, 0.15) is 0 Å². The number of nitriles is 1. The first kappa shape index (κ1) is 18.4. The SMILES string of the molecule is CC(C)COc1ccc(C(C)CCC#N)cc1OCC(C)C. The van der Waals surface area contributed by atoms with Gasteiger partial charge in [0, 0.05) is 6.42 Å². The van der Waals surface area contributed by atoms with Crippen LogP contribution < -0.4 is 9.47 Å². The molecule has 0 aliphatic carbocycles. The summed E-state index contributed by atoms with van der Waals surface area (Å²) in [6, 6.07) is 8.36. The van der Waals surface area contributed by atoms with E-state index < -0.39 is 0 Å². The number of nitrogens with zero attached hydrogens (tertiary/aromatic N) is 1. The van der Waals surface area contributed by atoms with Crippen molar-refractivity contribution in [3.8, 4) is 17.6 Å². The molecule has 1 aromatic carbocycles. The summed E-state index contributed by atoms with van der Waals surface area (Å²) in [4.78, 5) is 0. The summed E-state index contributed by atoms with van der Waals surface area (Å²) < 4.78 is 11.8. The molecule has 0 heterocycles. The maximum atomic E-state index is 8.73. The summed E-state index contributed by atoms with van der Waals surface area (Å²) in [7, 11) is 0. The van der Waals surface area contributed by atoms with Crippen LogP contribution in [-0.2, 0) is 0 Å². The lowest BCUT2D eigenvalue weighted by atomic mass is 9.96. The number of hydrogen-bond donors (Lipinski definition) is 0. The highest BCUT2D eigenvalue weighted by Crippen LogP contribution is 2.33. The molecule has 0 radical (unpaired) electrons. The minimum Gasteiger partial charge on any atom is -0.489 e. The molecule has 0 aromatic heterocycles. The van der Waals surface area contributed by atoms with Gasteiger partial charge in [-0.3, -0.25) is 0 Å². The van der Waals surface area contributed by atoms with E-state index in [0.717, 1.165) is 17.9 Å². The zero-order valence-electron chi connectivity index (χ0n) is 14.6. The van der Waals surface area contributed by atoms with Gasteiger partial charge >= 0.3 is 0 Å². The molecule has 0 bridgehead atoms. The van der Waals surface area contributed by atoms with Crippen molar-refractivity contribution >= 4 is 0 Å². The Hall–Kier alpha value is -1.69. The van der Waals surface area contributed by atoms with E-state index in [0.29, 0.717) is 37.4 Å². The standard InChI is InChI=1S/C19H29NO2/c1-14(2)12-21-18-9-8-17(16(5)7-6-10-20)11-19(18)22-13-15(3)4/h8-9,11,14-16H,6-7,12-13H2,1-5H3. The van der Waals surface area contributed by atoms with Crippen LogP contribution in [-0.4, -0.2) is 13.2 Å². The molecule has 1 rings (SSSR count). The van der Waals surface area contributed by atoms with Gasteiger partial charge in [0.05, 0.1) is 19.3 Å². The topological polar surface area (TPSA) is 42.2 Å². The zero-order chi connectivity index (χ0) is 16.5. The summed E-state index contributed by atoms with van der Waals surface area (Å²) in [5, 5.41) is 8.73. The van der Waals surface area contributed by atoms with E-state index in [2.05, 4.69) is 52.8 Å². The van der Waals surface area contributed by atoms with Crippen molar-refractivity contribution in [3.63, 3.8) is 0 Å². The van der Waals surface area contributed by atoms with E-state index >= 15 is 0 Å². The predicted octanol–water partition coefficient (Wildman–Crippen LogP) is 5.16. The average molecular weight is 303 g/mol. The average Bonchev–Trinajstić information content (AvgIpc) is 2.48. The molecular weight excluding hydrogens is 274 g/mol. The Kier molecular flexibility index (Phi) is 7.80. The maximum absolute atomic E-state index is 8.73. The summed E-state index contributed by atoms with van der Waals surface area (Å²) in [5.74, 6) is 2.92. The highest BCUT2D eigenvalue weighted by atomic mass is 16.5. The summed E-state index contributed by atoms with van der Waals surface area (Å²) in [6.45, 7) is 12.0. The molecule has 1 atom stereocenters.